The van der Waals surface area contributed by atoms with Gasteiger partial charge in [0.1, 0.15) is 5.82 Å². The summed E-state index contributed by atoms with van der Waals surface area (Å²) >= 11 is 0. The quantitative estimate of drug-likeness (QED) is 0.797. The molecule has 1 aliphatic carbocycles. The molecule has 0 saturated carbocycles. The Bertz CT molecular complexity index is 727. The number of nitrogen functional groups attached to an aromatic ring is 1. The average Bonchev–Trinajstić information content (AvgIpc) is 2.96. The maximum Gasteiger partial charge on any atom is 0.221 e. The molecule has 0 amide bonds. The average molecular weight is 354 g/mol. The Hall–Kier alpha value is -2.25. The summed E-state index contributed by atoms with van der Waals surface area (Å²) in [5.74, 6) is 1.17. The predicted octanol–water partition coefficient (Wildman–Crippen LogP) is 1.19. The topological polar surface area (TPSA) is 89.2 Å². The Balaban J connectivity index is 1.41. The van der Waals surface area contributed by atoms with E-state index in [-0.39, 0.29) is 12.1 Å². The third-order valence-corrected chi connectivity index (χ3v) is 5.48. The minimum Gasteiger partial charge on any atom is -0.378 e. The van der Waals surface area contributed by atoms with Gasteiger partial charge in [0.05, 0.1) is 12.1 Å². The fourth-order valence-corrected chi connectivity index (χ4v) is 4.08. The van der Waals surface area contributed by atoms with E-state index >= 15 is 0 Å². The Labute approximate surface area is 154 Å². The highest BCUT2D eigenvalue weighted by molar-refractivity contribution is 5.43. The van der Waals surface area contributed by atoms with Crippen molar-refractivity contribution < 1.29 is 4.74 Å². The van der Waals surface area contributed by atoms with Crippen LogP contribution in [0.4, 0.5) is 11.8 Å². The Morgan fingerprint density at radius 3 is 2.88 bits per heavy atom. The number of aryl methyl sites for hydroxylation is 2. The van der Waals surface area contributed by atoms with Crippen LogP contribution in [-0.2, 0) is 17.6 Å². The molecule has 7 heteroatoms. The zero-order valence-electron chi connectivity index (χ0n) is 15.1. The van der Waals surface area contributed by atoms with E-state index in [9.17, 15) is 0 Å². The molecule has 1 unspecified atom stereocenters. The predicted molar refractivity (Wildman–Crippen MR) is 101 cm³/mol. The lowest BCUT2D eigenvalue weighted by Gasteiger charge is -2.24. The van der Waals surface area contributed by atoms with E-state index in [1.165, 1.54) is 11.3 Å². The van der Waals surface area contributed by atoms with Crippen LogP contribution in [0.25, 0.3) is 0 Å². The molecule has 0 spiro atoms. The fourth-order valence-electron chi connectivity index (χ4n) is 4.08. The normalized spacial score (nSPS) is 25.7. The van der Waals surface area contributed by atoms with E-state index in [0.717, 1.165) is 44.6 Å². The monoisotopic (exact) mass is 354 g/mol. The van der Waals surface area contributed by atoms with Gasteiger partial charge >= 0.3 is 0 Å². The molecule has 0 radical (unpaired) electrons. The maximum atomic E-state index is 5.75. The molecule has 2 aromatic rings. The van der Waals surface area contributed by atoms with Gasteiger partial charge in [0.25, 0.3) is 0 Å². The van der Waals surface area contributed by atoms with Gasteiger partial charge in [-0.15, -0.1) is 0 Å². The molecule has 138 valence electrons. The first kappa shape index (κ1) is 17.2. The Morgan fingerprint density at radius 2 is 2.04 bits per heavy atom. The molecular weight excluding hydrogens is 328 g/mol. The number of hydrogen-bond donors (Lipinski definition) is 2. The van der Waals surface area contributed by atoms with Crippen molar-refractivity contribution in [3.63, 3.8) is 0 Å². The van der Waals surface area contributed by atoms with Crippen molar-refractivity contribution >= 4 is 11.8 Å². The third-order valence-electron chi connectivity index (χ3n) is 5.48. The highest BCUT2D eigenvalue weighted by atomic mass is 16.5. The van der Waals surface area contributed by atoms with Gasteiger partial charge in [0, 0.05) is 44.3 Å². The van der Waals surface area contributed by atoms with Crippen LogP contribution >= 0.6 is 0 Å². The maximum absolute atomic E-state index is 5.75. The number of nitrogens with one attached hydrogen (secondary N) is 1. The zero-order valence-corrected chi connectivity index (χ0v) is 15.1. The van der Waals surface area contributed by atoms with Crippen LogP contribution in [-0.4, -0.2) is 53.3 Å². The molecule has 3 atom stereocenters. The summed E-state index contributed by atoms with van der Waals surface area (Å²) < 4.78 is 5.75. The van der Waals surface area contributed by atoms with Crippen molar-refractivity contribution in [2.24, 2.45) is 0 Å². The highest BCUT2D eigenvalue weighted by Gasteiger charge is 2.35. The van der Waals surface area contributed by atoms with Crippen molar-refractivity contribution in [3.05, 3.63) is 41.9 Å². The molecule has 0 aromatic carbocycles. The minimum atomic E-state index is 0.134. The van der Waals surface area contributed by atoms with Crippen LogP contribution in [0.3, 0.4) is 0 Å². The first-order valence-corrected chi connectivity index (χ1v) is 9.28. The van der Waals surface area contributed by atoms with Crippen LogP contribution < -0.4 is 16.0 Å². The van der Waals surface area contributed by atoms with E-state index in [0.29, 0.717) is 12.0 Å². The number of ether oxygens (including phenoxy) is 1. The van der Waals surface area contributed by atoms with Crippen LogP contribution in [0.5, 0.6) is 0 Å². The van der Waals surface area contributed by atoms with Gasteiger partial charge in [-0.1, -0.05) is 6.07 Å². The summed E-state index contributed by atoms with van der Waals surface area (Å²) in [6, 6.07) is 6.90. The number of nitrogens with zero attached hydrogens (tertiary/aromatic N) is 4. The molecule has 0 bridgehead atoms. The second-order valence-corrected chi connectivity index (χ2v) is 7.11. The van der Waals surface area contributed by atoms with Gasteiger partial charge < -0.3 is 20.7 Å². The molecule has 3 heterocycles. The molecule has 2 aliphatic rings. The second kappa shape index (κ2) is 7.55. The van der Waals surface area contributed by atoms with Crippen LogP contribution in [0.1, 0.15) is 24.1 Å². The van der Waals surface area contributed by atoms with E-state index in [2.05, 4.69) is 31.2 Å². The van der Waals surface area contributed by atoms with Crippen molar-refractivity contribution in [1.29, 1.82) is 0 Å². The summed E-state index contributed by atoms with van der Waals surface area (Å²) in [4.78, 5) is 15.1. The fraction of sp³-hybridized carbons (Fsp3) is 0.526. The Morgan fingerprint density at radius 1 is 1.15 bits per heavy atom. The van der Waals surface area contributed by atoms with Gasteiger partial charge in [-0.05, 0) is 43.4 Å². The first-order valence-electron chi connectivity index (χ1n) is 9.28. The molecule has 1 saturated heterocycles. The molecule has 7 nitrogen and oxygen atoms in total. The van der Waals surface area contributed by atoms with E-state index in [1.54, 1.807) is 13.3 Å². The zero-order chi connectivity index (χ0) is 17.9. The number of methoxy groups -OCH3 is 1. The number of nitrogens with two attached hydrogens (primary N) is 1. The van der Waals surface area contributed by atoms with Crippen LogP contribution in [0.15, 0.2) is 30.6 Å². The molecule has 3 N–H and O–H groups in total. The lowest BCUT2D eigenvalue weighted by Crippen LogP contribution is -2.46. The SMILES string of the molecule is CO[C@@H]1CN(c2ccnc(N)n2)C[C@@H]1NC1CCc2cccnc2CC1. The standard InChI is InChI=1S/C19H26N6O/c1-26-17-12-25(18-8-10-22-19(20)24-18)11-16(17)23-14-5-4-13-3-2-9-21-15(13)7-6-14/h2-3,8-10,14,16-17,23H,4-7,11-12H2,1H3,(H2,20,22,24)/t14?,16-,17+/m0/s1. The van der Waals surface area contributed by atoms with Gasteiger partial charge in [0.15, 0.2) is 0 Å². The number of anilines is 2. The number of hydrogen-bond acceptors (Lipinski definition) is 7. The molecular formula is C19H26N6O. The van der Waals surface area contributed by atoms with Crippen molar-refractivity contribution in [1.82, 2.24) is 20.3 Å². The van der Waals surface area contributed by atoms with Gasteiger partial charge in [0.2, 0.25) is 5.95 Å². The van der Waals surface area contributed by atoms with Gasteiger partial charge in [-0.3, -0.25) is 4.98 Å². The molecule has 1 aliphatic heterocycles. The largest absolute Gasteiger partial charge is 0.378 e. The van der Waals surface area contributed by atoms with E-state index < -0.39 is 0 Å². The van der Waals surface area contributed by atoms with E-state index in [4.69, 9.17) is 10.5 Å². The first-order chi connectivity index (χ1) is 12.7. The molecule has 2 aromatic heterocycles. The number of aromatic nitrogens is 3. The Kier molecular flexibility index (Phi) is 4.99. The highest BCUT2D eigenvalue weighted by Crippen LogP contribution is 2.23. The molecule has 4 rings (SSSR count). The second-order valence-electron chi connectivity index (χ2n) is 7.11. The number of fused-ring (bicyclic) bond motifs is 1. The van der Waals surface area contributed by atoms with Gasteiger partial charge in [-0.2, -0.15) is 4.98 Å². The number of pyridine rings is 1. The van der Waals surface area contributed by atoms with Gasteiger partial charge in [-0.25, -0.2) is 4.98 Å². The third kappa shape index (κ3) is 3.64. The lowest BCUT2D eigenvalue weighted by atomic mass is 10.1. The summed E-state index contributed by atoms with van der Waals surface area (Å²) in [6.07, 6.45) is 8.09. The lowest BCUT2D eigenvalue weighted by molar-refractivity contribution is 0.0923. The molecule has 26 heavy (non-hydrogen) atoms. The van der Waals surface area contributed by atoms with Crippen molar-refractivity contribution in [2.45, 2.75) is 43.9 Å². The summed E-state index contributed by atoms with van der Waals surface area (Å²) in [6.45, 7) is 1.66. The van der Waals surface area contributed by atoms with Crippen LogP contribution in [0.2, 0.25) is 0 Å². The summed E-state index contributed by atoms with van der Waals surface area (Å²) in [5, 5.41) is 3.84. The van der Waals surface area contributed by atoms with Crippen molar-refractivity contribution in [3.8, 4) is 0 Å². The van der Waals surface area contributed by atoms with Crippen molar-refractivity contribution in [2.75, 3.05) is 30.8 Å². The summed E-state index contributed by atoms with van der Waals surface area (Å²) in [7, 11) is 1.78. The number of rotatable bonds is 4. The smallest absolute Gasteiger partial charge is 0.221 e. The van der Waals surface area contributed by atoms with E-state index in [1.807, 2.05) is 18.3 Å². The van der Waals surface area contributed by atoms with Crippen LogP contribution in [0, 0.1) is 0 Å². The minimum absolute atomic E-state index is 0.134. The molecule has 1 fully saturated rings. The summed E-state index contributed by atoms with van der Waals surface area (Å²) in [5.41, 5.74) is 8.38.